The predicted octanol–water partition coefficient (Wildman–Crippen LogP) is -0.114. The van der Waals surface area contributed by atoms with Crippen molar-refractivity contribution in [2.24, 2.45) is 0 Å². The monoisotopic (exact) mass is 212 g/mol. The van der Waals surface area contributed by atoms with Crippen molar-refractivity contribution in [3.63, 3.8) is 0 Å². The maximum atomic E-state index is 10.9. The van der Waals surface area contributed by atoms with Crippen molar-refractivity contribution in [1.29, 1.82) is 0 Å². The largest absolute Gasteiger partial charge is 0.478 e. The van der Waals surface area contributed by atoms with E-state index in [2.05, 4.69) is 10.6 Å². The van der Waals surface area contributed by atoms with E-state index in [1.165, 1.54) is 0 Å². The second-order valence-corrected chi connectivity index (χ2v) is 3.64. The van der Waals surface area contributed by atoms with Gasteiger partial charge in [-0.25, -0.2) is 4.79 Å². The van der Waals surface area contributed by atoms with Crippen LogP contribution in [0.5, 0.6) is 0 Å². The third-order valence-corrected chi connectivity index (χ3v) is 2.42. The molecule has 1 amide bonds. The average Bonchev–Trinajstić information content (AvgIpc) is 2.20. The summed E-state index contributed by atoms with van der Waals surface area (Å²) in [4.78, 5) is 21.3. The maximum absolute atomic E-state index is 10.9. The van der Waals surface area contributed by atoms with Gasteiger partial charge in [0.15, 0.2) is 0 Å². The quantitative estimate of drug-likeness (QED) is 0.568. The number of hydrogen-bond donors (Lipinski definition) is 3. The number of carboxylic acid groups (broad SMARTS) is 1. The van der Waals surface area contributed by atoms with Crippen LogP contribution >= 0.6 is 0 Å². The molecule has 0 aromatic rings. The van der Waals surface area contributed by atoms with Crippen LogP contribution in [0, 0.1) is 0 Å². The summed E-state index contributed by atoms with van der Waals surface area (Å²) in [7, 11) is 0. The number of nitrogens with one attached hydrogen (secondary N) is 2. The first kappa shape index (κ1) is 11.7. The number of carboxylic acids is 1. The van der Waals surface area contributed by atoms with Crippen LogP contribution < -0.4 is 10.6 Å². The van der Waals surface area contributed by atoms with Crippen molar-refractivity contribution in [1.82, 2.24) is 10.6 Å². The van der Waals surface area contributed by atoms with Crippen molar-refractivity contribution in [2.75, 3.05) is 13.1 Å². The molecular weight excluding hydrogens is 196 g/mol. The van der Waals surface area contributed by atoms with Crippen molar-refractivity contribution in [2.45, 2.75) is 25.8 Å². The van der Waals surface area contributed by atoms with E-state index in [0.29, 0.717) is 25.1 Å². The molecule has 1 saturated heterocycles. The Hall–Kier alpha value is -1.36. The molecule has 0 spiro atoms. The molecule has 5 heteroatoms. The molecule has 84 valence electrons. The van der Waals surface area contributed by atoms with Gasteiger partial charge in [0.2, 0.25) is 5.91 Å². The highest BCUT2D eigenvalue weighted by atomic mass is 16.4. The summed E-state index contributed by atoms with van der Waals surface area (Å²) in [6, 6.07) is 0.251. The minimum Gasteiger partial charge on any atom is -0.478 e. The Morgan fingerprint density at radius 2 is 2.47 bits per heavy atom. The Morgan fingerprint density at radius 1 is 1.73 bits per heavy atom. The molecule has 1 aliphatic heterocycles. The normalized spacial score (nSPS) is 22.3. The summed E-state index contributed by atoms with van der Waals surface area (Å²) in [6.07, 6.45) is 2.99. The predicted molar refractivity (Wildman–Crippen MR) is 55.4 cm³/mol. The van der Waals surface area contributed by atoms with Gasteiger partial charge in [0, 0.05) is 31.1 Å². The number of rotatable bonds is 4. The Morgan fingerprint density at radius 3 is 3.00 bits per heavy atom. The van der Waals surface area contributed by atoms with Gasteiger partial charge < -0.3 is 15.7 Å². The standard InChI is InChI=1S/C10H16N2O3/c1-7(10(14)15)4-5-11-8-2-3-9(13)12-6-8/h4,8,11H,2-3,5-6H2,1H3,(H,12,13)(H,14,15). The van der Waals surface area contributed by atoms with Gasteiger partial charge in [0.1, 0.15) is 0 Å². The summed E-state index contributed by atoms with van der Waals surface area (Å²) < 4.78 is 0. The summed E-state index contributed by atoms with van der Waals surface area (Å²) in [5.41, 5.74) is 0.336. The third kappa shape index (κ3) is 4.12. The minimum atomic E-state index is -0.895. The number of hydrogen-bond acceptors (Lipinski definition) is 3. The molecule has 1 aliphatic rings. The first-order valence-electron chi connectivity index (χ1n) is 4.99. The highest BCUT2D eigenvalue weighted by molar-refractivity contribution is 5.85. The van der Waals surface area contributed by atoms with E-state index in [9.17, 15) is 9.59 Å². The molecule has 0 radical (unpaired) electrons. The van der Waals surface area contributed by atoms with Crippen molar-refractivity contribution >= 4 is 11.9 Å². The van der Waals surface area contributed by atoms with E-state index in [4.69, 9.17) is 5.11 Å². The zero-order chi connectivity index (χ0) is 11.3. The SMILES string of the molecule is CC(=CCNC1CCC(=O)NC1)C(=O)O. The van der Waals surface area contributed by atoms with Crippen LogP contribution in [0.15, 0.2) is 11.6 Å². The fraction of sp³-hybridized carbons (Fsp3) is 0.600. The molecule has 0 bridgehead atoms. The summed E-state index contributed by atoms with van der Waals surface area (Å²) >= 11 is 0. The summed E-state index contributed by atoms with van der Waals surface area (Å²) in [5.74, 6) is -0.806. The van der Waals surface area contributed by atoms with Crippen LogP contribution in [0.4, 0.5) is 0 Å². The number of carbonyl (C=O) groups excluding carboxylic acids is 1. The van der Waals surface area contributed by atoms with Crippen LogP contribution in [-0.4, -0.2) is 36.1 Å². The van der Waals surface area contributed by atoms with Gasteiger partial charge in [0.05, 0.1) is 0 Å². The smallest absolute Gasteiger partial charge is 0.330 e. The van der Waals surface area contributed by atoms with Crippen LogP contribution in [0.25, 0.3) is 0 Å². The number of piperidine rings is 1. The topological polar surface area (TPSA) is 78.4 Å². The van der Waals surface area contributed by atoms with Gasteiger partial charge in [-0.15, -0.1) is 0 Å². The van der Waals surface area contributed by atoms with E-state index in [1.54, 1.807) is 13.0 Å². The zero-order valence-electron chi connectivity index (χ0n) is 8.75. The Labute approximate surface area is 88.5 Å². The van der Waals surface area contributed by atoms with Gasteiger partial charge in [-0.3, -0.25) is 4.79 Å². The lowest BCUT2D eigenvalue weighted by Gasteiger charge is -2.22. The highest BCUT2D eigenvalue weighted by Gasteiger charge is 2.16. The van der Waals surface area contributed by atoms with Crippen LogP contribution in [-0.2, 0) is 9.59 Å². The number of carbonyl (C=O) groups is 2. The van der Waals surface area contributed by atoms with Gasteiger partial charge in [-0.2, -0.15) is 0 Å². The van der Waals surface area contributed by atoms with Crippen LogP contribution in [0.2, 0.25) is 0 Å². The lowest BCUT2D eigenvalue weighted by Crippen LogP contribution is -2.45. The van der Waals surface area contributed by atoms with Crippen molar-refractivity contribution < 1.29 is 14.7 Å². The molecule has 0 saturated carbocycles. The van der Waals surface area contributed by atoms with E-state index in [-0.39, 0.29) is 11.9 Å². The fourth-order valence-corrected chi connectivity index (χ4v) is 1.37. The molecule has 1 fully saturated rings. The first-order chi connectivity index (χ1) is 7.09. The fourth-order valence-electron chi connectivity index (χ4n) is 1.37. The van der Waals surface area contributed by atoms with E-state index < -0.39 is 5.97 Å². The minimum absolute atomic E-state index is 0.0882. The second kappa shape index (κ2) is 5.50. The van der Waals surface area contributed by atoms with E-state index >= 15 is 0 Å². The molecular formula is C10H16N2O3. The molecule has 1 rings (SSSR count). The van der Waals surface area contributed by atoms with Crippen LogP contribution in [0.1, 0.15) is 19.8 Å². The van der Waals surface area contributed by atoms with Gasteiger partial charge in [-0.05, 0) is 13.3 Å². The van der Waals surface area contributed by atoms with Gasteiger partial charge in [-0.1, -0.05) is 6.08 Å². The van der Waals surface area contributed by atoms with E-state index in [0.717, 1.165) is 6.42 Å². The summed E-state index contributed by atoms with van der Waals surface area (Å²) in [6.45, 7) is 2.71. The molecule has 0 aromatic carbocycles. The van der Waals surface area contributed by atoms with Gasteiger partial charge >= 0.3 is 5.97 Å². The molecule has 3 N–H and O–H groups in total. The Balaban J connectivity index is 2.23. The van der Waals surface area contributed by atoms with Crippen molar-refractivity contribution in [3.05, 3.63) is 11.6 Å². The molecule has 5 nitrogen and oxygen atoms in total. The molecule has 0 aliphatic carbocycles. The first-order valence-corrected chi connectivity index (χ1v) is 4.99. The Bertz CT molecular complexity index is 276. The molecule has 1 atom stereocenters. The van der Waals surface area contributed by atoms with E-state index in [1.807, 2.05) is 0 Å². The molecule has 1 heterocycles. The third-order valence-electron chi connectivity index (χ3n) is 2.42. The average molecular weight is 212 g/mol. The Kier molecular flexibility index (Phi) is 4.30. The van der Waals surface area contributed by atoms with Gasteiger partial charge in [0.25, 0.3) is 0 Å². The maximum Gasteiger partial charge on any atom is 0.330 e. The lowest BCUT2D eigenvalue weighted by molar-refractivity contribution is -0.132. The zero-order valence-corrected chi connectivity index (χ0v) is 8.75. The highest BCUT2D eigenvalue weighted by Crippen LogP contribution is 2.02. The molecule has 15 heavy (non-hydrogen) atoms. The molecule has 0 aromatic heterocycles. The van der Waals surface area contributed by atoms with Crippen molar-refractivity contribution in [3.8, 4) is 0 Å². The second-order valence-electron chi connectivity index (χ2n) is 3.64. The summed E-state index contributed by atoms with van der Waals surface area (Å²) in [5, 5.41) is 14.5. The number of amides is 1. The number of aliphatic carboxylic acids is 1. The molecule has 1 unspecified atom stereocenters. The van der Waals surface area contributed by atoms with Crippen LogP contribution in [0.3, 0.4) is 0 Å². The lowest BCUT2D eigenvalue weighted by atomic mass is 10.1.